The Balaban J connectivity index is 2.21. The lowest BCUT2D eigenvalue weighted by molar-refractivity contribution is 0.622. The third-order valence-electron chi connectivity index (χ3n) is 2.85. The minimum Gasteiger partial charge on any atom is -0.378 e. The second-order valence-electron chi connectivity index (χ2n) is 4.12. The summed E-state index contributed by atoms with van der Waals surface area (Å²) in [5.74, 6) is 0. The Hall–Kier alpha value is -0.710. The number of aromatic nitrogens is 2. The molecular formula is C13H14BrCl2N3. The lowest BCUT2D eigenvalue weighted by Crippen LogP contribution is -2.08. The van der Waals surface area contributed by atoms with Gasteiger partial charge in [-0.15, -0.1) is 0 Å². The highest BCUT2D eigenvalue weighted by molar-refractivity contribution is 9.10. The highest BCUT2D eigenvalue weighted by Gasteiger charge is 2.12. The largest absolute Gasteiger partial charge is 0.378 e. The van der Waals surface area contributed by atoms with Gasteiger partial charge in [0.15, 0.2) is 0 Å². The van der Waals surface area contributed by atoms with Crippen molar-refractivity contribution in [2.24, 2.45) is 0 Å². The molecule has 2 rings (SSSR count). The molecule has 1 aromatic carbocycles. The van der Waals surface area contributed by atoms with Crippen LogP contribution in [0.15, 0.2) is 22.7 Å². The minimum atomic E-state index is 0.541. The van der Waals surface area contributed by atoms with Crippen molar-refractivity contribution < 1.29 is 0 Å². The molecule has 0 aliphatic carbocycles. The molecule has 3 nitrogen and oxygen atoms in total. The molecule has 0 spiro atoms. The summed E-state index contributed by atoms with van der Waals surface area (Å²) in [6, 6.07) is 5.54. The van der Waals surface area contributed by atoms with Crippen LogP contribution in [0.3, 0.4) is 0 Å². The molecule has 0 amide bonds. The first-order valence-corrected chi connectivity index (χ1v) is 7.49. The Morgan fingerprint density at radius 2 is 2.11 bits per heavy atom. The fourth-order valence-electron chi connectivity index (χ4n) is 1.86. The van der Waals surface area contributed by atoms with Crippen LogP contribution in [0.2, 0.25) is 10.0 Å². The molecule has 0 saturated heterocycles. The van der Waals surface area contributed by atoms with Crippen molar-refractivity contribution in [3.63, 3.8) is 0 Å². The molecule has 2 aromatic rings. The van der Waals surface area contributed by atoms with Crippen molar-refractivity contribution in [3.05, 3.63) is 44.1 Å². The van der Waals surface area contributed by atoms with Crippen LogP contribution in [0.5, 0.6) is 0 Å². The average Bonchev–Trinajstić information content (AvgIpc) is 2.67. The summed E-state index contributed by atoms with van der Waals surface area (Å²) in [7, 11) is 0. The summed E-state index contributed by atoms with van der Waals surface area (Å²) in [6.45, 7) is 5.50. The van der Waals surface area contributed by atoms with Gasteiger partial charge in [0.05, 0.1) is 38.1 Å². The normalized spacial score (nSPS) is 10.8. The molecule has 0 unspecified atom stereocenters. The summed E-state index contributed by atoms with van der Waals surface area (Å²) in [6.07, 6.45) is 0. The number of nitrogens with zero attached hydrogens (tertiary/aromatic N) is 2. The second-order valence-corrected chi connectivity index (χ2v) is 5.69. The molecule has 1 heterocycles. The molecule has 1 aromatic heterocycles. The van der Waals surface area contributed by atoms with E-state index in [0.29, 0.717) is 16.6 Å². The van der Waals surface area contributed by atoms with Crippen molar-refractivity contribution >= 4 is 44.8 Å². The highest BCUT2D eigenvalue weighted by Crippen LogP contribution is 2.30. The summed E-state index contributed by atoms with van der Waals surface area (Å²) < 4.78 is 2.99. The molecule has 0 aliphatic heterocycles. The Kier molecular flexibility index (Phi) is 4.76. The summed E-state index contributed by atoms with van der Waals surface area (Å²) in [4.78, 5) is 0. The quantitative estimate of drug-likeness (QED) is 0.838. The SMILES string of the molecule is CCn1nc(C)c(Br)c1CNc1cccc(Cl)c1Cl. The Bertz CT molecular complexity index is 596. The summed E-state index contributed by atoms with van der Waals surface area (Å²) >= 11 is 15.7. The monoisotopic (exact) mass is 361 g/mol. The molecule has 0 radical (unpaired) electrons. The van der Waals surface area contributed by atoms with E-state index >= 15 is 0 Å². The van der Waals surface area contributed by atoms with E-state index in [1.165, 1.54) is 0 Å². The van der Waals surface area contributed by atoms with Gasteiger partial charge in [-0.2, -0.15) is 5.10 Å². The molecule has 1 N–H and O–H groups in total. The Labute approximate surface area is 131 Å². The van der Waals surface area contributed by atoms with Gasteiger partial charge in [-0.1, -0.05) is 29.3 Å². The molecule has 0 fully saturated rings. The highest BCUT2D eigenvalue weighted by atomic mass is 79.9. The van der Waals surface area contributed by atoms with Gasteiger partial charge >= 0.3 is 0 Å². The minimum absolute atomic E-state index is 0.541. The zero-order valence-electron chi connectivity index (χ0n) is 10.7. The first kappa shape index (κ1) is 14.7. The Morgan fingerprint density at radius 3 is 2.79 bits per heavy atom. The molecule has 0 atom stereocenters. The summed E-state index contributed by atoms with van der Waals surface area (Å²) in [5, 5.41) is 8.83. The summed E-state index contributed by atoms with van der Waals surface area (Å²) in [5.41, 5.74) is 2.90. The number of anilines is 1. The van der Waals surface area contributed by atoms with Crippen LogP contribution in [-0.2, 0) is 13.1 Å². The van der Waals surface area contributed by atoms with E-state index in [1.807, 2.05) is 23.7 Å². The van der Waals surface area contributed by atoms with Crippen LogP contribution in [0.4, 0.5) is 5.69 Å². The van der Waals surface area contributed by atoms with Crippen molar-refractivity contribution in [2.45, 2.75) is 26.9 Å². The van der Waals surface area contributed by atoms with Crippen molar-refractivity contribution in [3.8, 4) is 0 Å². The van der Waals surface area contributed by atoms with Crippen molar-refractivity contribution in [1.82, 2.24) is 9.78 Å². The zero-order chi connectivity index (χ0) is 14.0. The number of benzene rings is 1. The maximum atomic E-state index is 6.15. The third-order valence-corrected chi connectivity index (χ3v) is 4.70. The van der Waals surface area contributed by atoms with E-state index in [4.69, 9.17) is 23.2 Å². The third kappa shape index (κ3) is 3.07. The van der Waals surface area contributed by atoms with E-state index in [2.05, 4.69) is 33.3 Å². The molecule has 0 aliphatic rings. The fraction of sp³-hybridized carbons (Fsp3) is 0.308. The molecular weight excluding hydrogens is 349 g/mol. The van der Waals surface area contributed by atoms with Gasteiger partial charge in [-0.3, -0.25) is 4.68 Å². The van der Waals surface area contributed by atoms with Crippen LogP contribution in [0.1, 0.15) is 18.3 Å². The van der Waals surface area contributed by atoms with Crippen LogP contribution in [0, 0.1) is 6.92 Å². The number of aryl methyl sites for hydroxylation is 2. The number of halogens is 3. The van der Waals surface area contributed by atoms with Crippen LogP contribution in [0.25, 0.3) is 0 Å². The maximum Gasteiger partial charge on any atom is 0.0823 e. The lowest BCUT2D eigenvalue weighted by atomic mass is 10.3. The van der Waals surface area contributed by atoms with Gasteiger partial charge in [-0.05, 0) is 41.9 Å². The van der Waals surface area contributed by atoms with Crippen LogP contribution in [-0.4, -0.2) is 9.78 Å². The number of rotatable bonds is 4. The van der Waals surface area contributed by atoms with Crippen LogP contribution < -0.4 is 5.32 Å². The van der Waals surface area contributed by atoms with E-state index in [0.717, 1.165) is 28.1 Å². The Morgan fingerprint density at radius 1 is 1.37 bits per heavy atom. The average molecular weight is 363 g/mol. The second kappa shape index (κ2) is 6.16. The standard InChI is InChI=1S/C13H14BrCl2N3/c1-3-19-11(12(14)8(2)18-19)7-17-10-6-4-5-9(15)13(10)16/h4-6,17H,3,7H2,1-2H3. The van der Waals surface area contributed by atoms with Gasteiger partial charge in [-0.25, -0.2) is 0 Å². The lowest BCUT2D eigenvalue weighted by Gasteiger charge is -2.11. The van der Waals surface area contributed by atoms with Crippen LogP contribution >= 0.6 is 39.1 Å². The van der Waals surface area contributed by atoms with Crippen molar-refractivity contribution in [2.75, 3.05) is 5.32 Å². The van der Waals surface area contributed by atoms with Gasteiger partial charge < -0.3 is 5.32 Å². The van der Waals surface area contributed by atoms with Crippen molar-refractivity contribution in [1.29, 1.82) is 0 Å². The van der Waals surface area contributed by atoms with Gasteiger partial charge in [0.1, 0.15) is 0 Å². The maximum absolute atomic E-state index is 6.15. The first-order valence-electron chi connectivity index (χ1n) is 5.94. The predicted molar refractivity (Wildman–Crippen MR) is 84.1 cm³/mol. The molecule has 102 valence electrons. The van der Waals surface area contributed by atoms with E-state index in [1.54, 1.807) is 6.07 Å². The van der Waals surface area contributed by atoms with E-state index in [9.17, 15) is 0 Å². The topological polar surface area (TPSA) is 29.9 Å². The fourth-order valence-corrected chi connectivity index (χ4v) is 2.65. The number of hydrogen-bond donors (Lipinski definition) is 1. The predicted octanol–water partition coefficient (Wildman–Crippen LogP) is 4.89. The molecule has 0 bridgehead atoms. The number of hydrogen-bond acceptors (Lipinski definition) is 2. The molecule has 6 heteroatoms. The zero-order valence-corrected chi connectivity index (χ0v) is 13.8. The number of nitrogens with one attached hydrogen (secondary N) is 1. The van der Waals surface area contributed by atoms with E-state index < -0.39 is 0 Å². The smallest absolute Gasteiger partial charge is 0.0823 e. The first-order chi connectivity index (χ1) is 9.04. The van der Waals surface area contributed by atoms with E-state index in [-0.39, 0.29) is 0 Å². The molecule has 0 saturated carbocycles. The van der Waals surface area contributed by atoms with Gasteiger partial charge in [0, 0.05) is 6.54 Å². The van der Waals surface area contributed by atoms with Gasteiger partial charge in [0.25, 0.3) is 0 Å². The molecule has 19 heavy (non-hydrogen) atoms. The van der Waals surface area contributed by atoms with Gasteiger partial charge in [0.2, 0.25) is 0 Å².